The monoisotopic (exact) mass is 285 g/mol. The highest BCUT2D eigenvalue weighted by Crippen LogP contribution is 2.10. The molecule has 0 saturated carbocycles. The molecule has 0 aromatic heterocycles. The summed E-state index contributed by atoms with van der Waals surface area (Å²) in [7, 11) is 0. The van der Waals surface area contributed by atoms with Gasteiger partial charge in [-0.25, -0.2) is 9.18 Å². The largest absolute Gasteiger partial charge is 0.352 e. The molecular weight excluding hydrogens is 269 g/mol. The lowest BCUT2D eigenvalue weighted by Gasteiger charge is -2.16. The van der Waals surface area contributed by atoms with Crippen molar-refractivity contribution in [1.29, 1.82) is 0 Å². The fourth-order valence-electron chi connectivity index (χ4n) is 1.47. The van der Waals surface area contributed by atoms with E-state index in [0.717, 1.165) is 0 Å². The minimum Gasteiger partial charge on any atom is -0.352 e. The van der Waals surface area contributed by atoms with Gasteiger partial charge in [0.15, 0.2) is 0 Å². The van der Waals surface area contributed by atoms with Gasteiger partial charge in [0.2, 0.25) is 5.91 Å². The van der Waals surface area contributed by atoms with Crippen LogP contribution in [0.15, 0.2) is 24.3 Å². The Kier molecular flexibility index (Phi) is 6.14. The zero-order valence-electron chi connectivity index (χ0n) is 10.5. The van der Waals surface area contributed by atoms with E-state index in [9.17, 15) is 14.0 Å². The first-order valence-electron chi connectivity index (χ1n) is 5.64. The molecule has 4 N–H and O–H groups in total. The quantitative estimate of drug-likeness (QED) is 0.741. The average molecular weight is 285 g/mol. The Balaban J connectivity index is 2.67. The van der Waals surface area contributed by atoms with Gasteiger partial charge in [0, 0.05) is 5.69 Å². The maximum absolute atomic E-state index is 13.0. The summed E-state index contributed by atoms with van der Waals surface area (Å²) in [6.07, 6.45) is 2.34. The van der Waals surface area contributed by atoms with Crippen LogP contribution in [0.3, 0.4) is 0 Å². The van der Waals surface area contributed by atoms with Crippen molar-refractivity contribution in [3.63, 3.8) is 0 Å². The van der Waals surface area contributed by atoms with Crippen LogP contribution < -0.4 is 16.4 Å². The van der Waals surface area contributed by atoms with Gasteiger partial charge in [-0.15, -0.1) is 0 Å². The number of rotatable bonds is 6. The molecule has 0 heterocycles. The summed E-state index contributed by atoms with van der Waals surface area (Å²) in [6, 6.07) is 4.05. The van der Waals surface area contributed by atoms with Crippen LogP contribution in [0.4, 0.5) is 14.9 Å². The number of primary amides is 1. The fourth-order valence-corrected chi connectivity index (χ4v) is 1.94. The molecule has 0 aliphatic rings. The van der Waals surface area contributed by atoms with Gasteiger partial charge < -0.3 is 16.4 Å². The number of carbonyl (C=O) groups excluding carboxylic acids is 2. The molecule has 1 aromatic rings. The Morgan fingerprint density at radius 3 is 2.79 bits per heavy atom. The second-order valence-corrected chi connectivity index (χ2v) is 4.83. The van der Waals surface area contributed by atoms with Crippen molar-refractivity contribution in [1.82, 2.24) is 5.32 Å². The zero-order chi connectivity index (χ0) is 14.3. The van der Waals surface area contributed by atoms with Crippen LogP contribution in [-0.4, -0.2) is 30.0 Å². The third kappa shape index (κ3) is 5.60. The second-order valence-electron chi connectivity index (χ2n) is 3.84. The van der Waals surface area contributed by atoms with Crippen molar-refractivity contribution in [2.24, 2.45) is 5.73 Å². The number of amides is 3. The Bertz CT molecular complexity index is 456. The third-order valence-electron chi connectivity index (χ3n) is 2.34. The van der Waals surface area contributed by atoms with Crippen LogP contribution in [0.25, 0.3) is 0 Å². The molecule has 0 unspecified atom stereocenters. The average Bonchev–Trinajstić information content (AvgIpc) is 2.34. The summed E-state index contributed by atoms with van der Waals surface area (Å²) < 4.78 is 13.0. The zero-order valence-corrected chi connectivity index (χ0v) is 11.3. The Hall–Kier alpha value is -1.76. The molecule has 7 heteroatoms. The van der Waals surface area contributed by atoms with E-state index in [-0.39, 0.29) is 0 Å². The number of carbonyl (C=O) groups is 2. The smallest absolute Gasteiger partial charge is 0.312 e. The molecule has 1 rings (SSSR count). The molecule has 19 heavy (non-hydrogen) atoms. The van der Waals surface area contributed by atoms with Gasteiger partial charge in [-0.1, -0.05) is 6.07 Å². The third-order valence-corrected chi connectivity index (χ3v) is 2.98. The lowest BCUT2D eigenvalue weighted by atomic mass is 10.2. The van der Waals surface area contributed by atoms with Gasteiger partial charge in [0.05, 0.1) is 0 Å². The van der Waals surface area contributed by atoms with Gasteiger partial charge in [0.25, 0.3) is 0 Å². The normalized spacial score (nSPS) is 11.7. The molecule has 0 spiro atoms. The number of hydrogen-bond acceptors (Lipinski definition) is 3. The molecule has 104 valence electrons. The molecule has 1 atom stereocenters. The first-order valence-corrected chi connectivity index (χ1v) is 7.03. The highest BCUT2D eigenvalue weighted by Gasteiger charge is 2.19. The van der Waals surface area contributed by atoms with Crippen molar-refractivity contribution in [3.05, 3.63) is 30.1 Å². The van der Waals surface area contributed by atoms with E-state index in [1.807, 2.05) is 6.26 Å². The number of benzene rings is 1. The van der Waals surface area contributed by atoms with Crippen LogP contribution in [0.1, 0.15) is 6.42 Å². The molecular formula is C12H16FN3O2S. The van der Waals surface area contributed by atoms with Crippen molar-refractivity contribution >= 4 is 29.4 Å². The molecule has 0 bridgehead atoms. The molecule has 5 nitrogen and oxygen atoms in total. The maximum Gasteiger partial charge on any atom is 0.312 e. The summed E-state index contributed by atoms with van der Waals surface area (Å²) in [5.41, 5.74) is 5.36. The Morgan fingerprint density at radius 2 is 2.21 bits per heavy atom. The van der Waals surface area contributed by atoms with Crippen LogP contribution >= 0.6 is 11.8 Å². The molecule has 0 aliphatic carbocycles. The lowest BCUT2D eigenvalue weighted by Crippen LogP contribution is -2.46. The molecule has 0 fully saturated rings. The van der Waals surface area contributed by atoms with Gasteiger partial charge in [0.1, 0.15) is 11.9 Å². The Morgan fingerprint density at radius 1 is 1.47 bits per heavy atom. The van der Waals surface area contributed by atoms with E-state index < -0.39 is 23.8 Å². The van der Waals surface area contributed by atoms with Crippen molar-refractivity contribution in [3.8, 4) is 0 Å². The van der Waals surface area contributed by atoms with Crippen LogP contribution in [0, 0.1) is 5.82 Å². The lowest BCUT2D eigenvalue weighted by molar-refractivity contribution is -0.117. The number of halogens is 1. The minimum atomic E-state index is -0.763. The number of urea groups is 1. The summed E-state index contributed by atoms with van der Waals surface area (Å²) in [4.78, 5) is 22.8. The van der Waals surface area contributed by atoms with Gasteiger partial charge in [-0.3, -0.25) is 4.79 Å². The van der Waals surface area contributed by atoms with Crippen LogP contribution in [0.5, 0.6) is 0 Å². The summed E-state index contributed by atoms with van der Waals surface area (Å²) in [5, 5.41) is 4.91. The summed E-state index contributed by atoms with van der Waals surface area (Å²) in [6.45, 7) is 0. The number of hydrogen-bond donors (Lipinski definition) is 3. The SMILES string of the molecule is CSCC[C@H](NC(N)=O)C(=O)Nc1cccc(F)c1. The van der Waals surface area contributed by atoms with Gasteiger partial charge in [-0.2, -0.15) is 11.8 Å². The van der Waals surface area contributed by atoms with Crippen LogP contribution in [0.2, 0.25) is 0 Å². The standard InChI is InChI=1S/C12H16FN3O2S/c1-19-6-5-10(16-12(14)18)11(17)15-9-4-2-3-8(13)7-9/h2-4,7,10H,5-6H2,1H3,(H,15,17)(H3,14,16,18)/t10-/m0/s1. The first kappa shape index (κ1) is 15.3. The first-order chi connectivity index (χ1) is 9.02. The highest BCUT2D eigenvalue weighted by atomic mass is 32.2. The molecule has 0 radical (unpaired) electrons. The molecule has 0 aliphatic heterocycles. The minimum absolute atomic E-state index is 0.338. The molecule has 0 saturated heterocycles. The number of anilines is 1. The predicted molar refractivity (Wildman–Crippen MR) is 74.5 cm³/mol. The van der Waals surface area contributed by atoms with Crippen molar-refractivity contribution in [2.45, 2.75) is 12.5 Å². The van der Waals surface area contributed by atoms with Crippen molar-refractivity contribution < 1.29 is 14.0 Å². The second kappa shape index (κ2) is 7.63. The number of nitrogens with one attached hydrogen (secondary N) is 2. The Labute approximate surface area is 115 Å². The topological polar surface area (TPSA) is 84.2 Å². The molecule has 1 aromatic carbocycles. The summed E-state index contributed by atoms with van der Waals surface area (Å²) >= 11 is 1.55. The van der Waals surface area contributed by atoms with Crippen molar-refractivity contribution in [2.75, 3.05) is 17.3 Å². The fraction of sp³-hybridized carbons (Fsp3) is 0.333. The molecule has 3 amide bonds. The predicted octanol–water partition coefficient (Wildman–Crippen LogP) is 1.55. The number of nitrogens with two attached hydrogens (primary N) is 1. The van der Waals surface area contributed by atoms with Gasteiger partial charge >= 0.3 is 6.03 Å². The van der Waals surface area contributed by atoms with E-state index in [2.05, 4.69) is 10.6 Å². The summed E-state index contributed by atoms with van der Waals surface area (Å²) in [5.74, 6) is -0.165. The van der Waals surface area contributed by atoms with Gasteiger partial charge in [-0.05, 0) is 36.6 Å². The van der Waals surface area contributed by atoms with E-state index >= 15 is 0 Å². The maximum atomic E-state index is 13.0. The van der Waals surface area contributed by atoms with Crippen LogP contribution in [-0.2, 0) is 4.79 Å². The number of thioether (sulfide) groups is 1. The van der Waals surface area contributed by atoms with E-state index in [1.54, 1.807) is 17.8 Å². The van der Waals surface area contributed by atoms with E-state index in [0.29, 0.717) is 17.9 Å². The van der Waals surface area contributed by atoms with E-state index in [4.69, 9.17) is 5.73 Å². The highest BCUT2D eigenvalue weighted by molar-refractivity contribution is 7.98. The van der Waals surface area contributed by atoms with E-state index in [1.165, 1.54) is 18.2 Å².